The maximum absolute atomic E-state index is 10.6. The van der Waals surface area contributed by atoms with Crippen molar-refractivity contribution >= 4 is 5.69 Å². The second-order valence-corrected chi connectivity index (χ2v) is 4.05. The third kappa shape index (κ3) is 2.60. The highest BCUT2D eigenvalue weighted by atomic mass is 16.6. The fourth-order valence-corrected chi connectivity index (χ4v) is 1.86. The van der Waals surface area contributed by atoms with Crippen LogP contribution in [0.25, 0.3) is 11.4 Å². The van der Waals surface area contributed by atoms with Crippen molar-refractivity contribution < 1.29 is 10.0 Å². The van der Waals surface area contributed by atoms with Gasteiger partial charge in [0.15, 0.2) is 11.6 Å². The first-order valence-electron chi connectivity index (χ1n) is 5.95. The molecule has 0 fully saturated rings. The summed E-state index contributed by atoms with van der Waals surface area (Å²) in [6, 6.07) is 6.13. The van der Waals surface area contributed by atoms with E-state index in [4.69, 9.17) is 0 Å². The van der Waals surface area contributed by atoms with Crippen LogP contribution in [0.4, 0.5) is 5.69 Å². The molecule has 0 saturated carbocycles. The van der Waals surface area contributed by atoms with Crippen molar-refractivity contribution in [1.82, 2.24) is 14.8 Å². The molecule has 0 spiro atoms. The van der Waals surface area contributed by atoms with Crippen LogP contribution in [0.3, 0.4) is 0 Å². The van der Waals surface area contributed by atoms with Gasteiger partial charge in [0.25, 0.3) is 5.69 Å². The summed E-state index contributed by atoms with van der Waals surface area (Å²) in [5.41, 5.74) is 0.777. The van der Waals surface area contributed by atoms with Gasteiger partial charge in [-0.3, -0.25) is 10.1 Å². The van der Waals surface area contributed by atoms with Gasteiger partial charge in [-0.05, 0) is 18.6 Å². The van der Waals surface area contributed by atoms with Crippen LogP contribution in [-0.2, 0) is 13.2 Å². The molecule has 0 saturated heterocycles. The summed E-state index contributed by atoms with van der Waals surface area (Å²) in [5.74, 6) is 1.11. The molecule has 19 heavy (non-hydrogen) atoms. The highest BCUT2D eigenvalue weighted by Crippen LogP contribution is 2.22. The smallest absolute Gasteiger partial charge is 0.269 e. The number of aliphatic hydroxyl groups excluding tert-OH is 1. The van der Waals surface area contributed by atoms with Crippen molar-refractivity contribution in [2.45, 2.75) is 26.5 Å². The number of non-ortho nitro benzene ring substituents is 1. The lowest BCUT2D eigenvalue weighted by Gasteiger charge is -2.07. The van der Waals surface area contributed by atoms with Crippen molar-refractivity contribution in [3.05, 3.63) is 40.2 Å². The Morgan fingerprint density at radius 2 is 2.00 bits per heavy atom. The molecular weight excluding hydrogens is 248 g/mol. The number of benzene rings is 1. The molecule has 2 aromatic rings. The summed E-state index contributed by atoms with van der Waals surface area (Å²) in [6.45, 7) is 2.52. The van der Waals surface area contributed by atoms with Gasteiger partial charge in [-0.1, -0.05) is 6.92 Å². The maximum atomic E-state index is 10.6. The monoisotopic (exact) mass is 262 g/mol. The molecule has 1 N–H and O–H groups in total. The topological polar surface area (TPSA) is 94.1 Å². The fourth-order valence-electron chi connectivity index (χ4n) is 1.86. The molecule has 0 amide bonds. The van der Waals surface area contributed by atoms with E-state index >= 15 is 0 Å². The Hall–Kier alpha value is -2.28. The van der Waals surface area contributed by atoms with Crippen molar-refractivity contribution in [3.8, 4) is 11.4 Å². The number of aliphatic hydroxyl groups is 1. The number of aromatic nitrogens is 3. The van der Waals surface area contributed by atoms with E-state index in [1.165, 1.54) is 12.1 Å². The molecule has 1 aromatic carbocycles. The first-order chi connectivity index (χ1) is 9.17. The van der Waals surface area contributed by atoms with Crippen LogP contribution in [0.15, 0.2) is 24.3 Å². The summed E-state index contributed by atoms with van der Waals surface area (Å²) >= 11 is 0. The average Bonchev–Trinajstić information content (AvgIpc) is 2.82. The second-order valence-electron chi connectivity index (χ2n) is 4.05. The number of hydrogen-bond acceptors (Lipinski definition) is 5. The van der Waals surface area contributed by atoms with Gasteiger partial charge in [0.2, 0.25) is 0 Å². The van der Waals surface area contributed by atoms with Crippen molar-refractivity contribution in [2.75, 3.05) is 0 Å². The normalized spacial score (nSPS) is 10.6. The number of nitro benzene ring substituents is 1. The van der Waals surface area contributed by atoms with E-state index in [-0.39, 0.29) is 12.3 Å². The molecule has 0 aliphatic rings. The standard InChI is InChI=1S/C12H14N4O3/c1-2-7-15-11(8-17)13-14-12(15)9-3-5-10(6-4-9)16(18)19/h3-6,17H,2,7-8H2,1H3. The van der Waals surface area contributed by atoms with E-state index in [1.54, 1.807) is 12.1 Å². The molecule has 0 aliphatic heterocycles. The largest absolute Gasteiger partial charge is 0.388 e. The molecule has 0 atom stereocenters. The van der Waals surface area contributed by atoms with Crippen molar-refractivity contribution in [3.63, 3.8) is 0 Å². The summed E-state index contributed by atoms with van der Waals surface area (Å²) in [6.07, 6.45) is 0.880. The molecule has 0 radical (unpaired) electrons. The Morgan fingerprint density at radius 3 is 2.53 bits per heavy atom. The van der Waals surface area contributed by atoms with Gasteiger partial charge in [-0.2, -0.15) is 0 Å². The van der Waals surface area contributed by atoms with Gasteiger partial charge >= 0.3 is 0 Å². The molecule has 1 heterocycles. The minimum absolute atomic E-state index is 0.0349. The summed E-state index contributed by atoms with van der Waals surface area (Å²) in [7, 11) is 0. The Labute approximate surface area is 109 Å². The third-order valence-corrected chi connectivity index (χ3v) is 2.75. The quantitative estimate of drug-likeness (QED) is 0.654. The zero-order valence-electron chi connectivity index (χ0n) is 10.5. The van der Waals surface area contributed by atoms with Gasteiger partial charge in [0.05, 0.1) is 4.92 Å². The highest BCUT2D eigenvalue weighted by molar-refractivity contribution is 5.57. The lowest BCUT2D eigenvalue weighted by atomic mass is 10.2. The van der Waals surface area contributed by atoms with Crippen LogP contribution in [0, 0.1) is 10.1 Å². The molecule has 0 unspecified atom stereocenters. The minimum Gasteiger partial charge on any atom is -0.388 e. The van der Waals surface area contributed by atoms with Crippen molar-refractivity contribution in [1.29, 1.82) is 0 Å². The zero-order valence-corrected chi connectivity index (χ0v) is 10.5. The van der Waals surface area contributed by atoms with Gasteiger partial charge in [0.1, 0.15) is 6.61 Å². The number of nitrogens with zero attached hydrogens (tertiary/aromatic N) is 4. The van der Waals surface area contributed by atoms with Gasteiger partial charge < -0.3 is 9.67 Å². The van der Waals surface area contributed by atoms with E-state index in [2.05, 4.69) is 10.2 Å². The first kappa shape index (κ1) is 13.2. The van der Waals surface area contributed by atoms with Crippen LogP contribution >= 0.6 is 0 Å². The molecule has 7 nitrogen and oxygen atoms in total. The predicted molar refractivity (Wildman–Crippen MR) is 68.3 cm³/mol. The summed E-state index contributed by atoms with van der Waals surface area (Å²) in [5, 5.41) is 27.8. The van der Waals surface area contributed by atoms with Crippen LogP contribution in [-0.4, -0.2) is 24.8 Å². The van der Waals surface area contributed by atoms with Crippen LogP contribution < -0.4 is 0 Å². The lowest BCUT2D eigenvalue weighted by molar-refractivity contribution is -0.384. The summed E-state index contributed by atoms with van der Waals surface area (Å²) in [4.78, 5) is 10.2. The van der Waals surface area contributed by atoms with Crippen LogP contribution in [0.5, 0.6) is 0 Å². The third-order valence-electron chi connectivity index (χ3n) is 2.75. The summed E-state index contributed by atoms with van der Waals surface area (Å²) < 4.78 is 1.82. The van der Waals surface area contributed by atoms with Crippen molar-refractivity contribution in [2.24, 2.45) is 0 Å². The molecule has 0 bridgehead atoms. The molecule has 7 heteroatoms. The maximum Gasteiger partial charge on any atom is 0.269 e. The number of nitro groups is 1. The molecular formula is C12H14N4O3. The van der Waals surface area contributed by atoms with Crippen LogP contribution in [0.1, 0.15) is 19.2 Å². The predicted octanol–water partition coefficient (Wildman–Crippen LogP) is 1.76. The van der Waals surface area contributed by atoms with E-state index in [1.807, 2.05) is 11.5 Å². The van der Waals surface area contributed by atoms with E-state index in [9.17, 15) is 15.2 Å². The van der Waals surface area contributed by atoms with Gasteiger partial charge in [0, 0.05) is 24.2 Å². The Morgan fingerprint density at radius 1 is 1.32 bits per heavy atom. The average molecular weight is 262 g/mol. The number of hydrogen-bond donors (Lipinski definition) is 1. The molecule has 100 valence electrons. The Balaban J connectivity index is 2.40. The lowest BCUT2D eigenvalue weighted by Crippen LogP contribution is -2.05. The molecule has 1 aromatic heterocycles. The van der Waals surface area contributed by atoms with E-state index in [0.29, 0.717) is 18.2 Å². The zero-order chi connectivity index (χ0) is 13.8. The second kappa shape index (κ2) is 5.57. The first-order valence-corrected chi connectivity index (χ1v) is 5.95. The minimum atomic E-state index is -0.445. The highest BCUT2D eigenvalue weighted by Gasteiger charge is 2.13. The number of rotatable bonds is 5. The van der Waals surface area contributed by atoms with Gasteiger partial charge in [-0.25, -0.2) is 0 Å². The fraction of sp³-hybridized carbons (Fsp3) is 0.333. The molecule has 2 rings (SSSR count). The molecule has 0 aliphatic carbocycles. The Kier molecular flexibility index (Phi) is 3.86. The van der Waals surface area contributed by atoms with E-state index < -0.39 is 4.92 Å². The van der Waals surface area contributed by atoms with Crippen LogP contribution in [0.2, 0.25) is 0 Å². The SMILES string of the molecule is CCCn1c(CO)nnc1-c1ccc([N+](=O)[O-])cc1. The van der Waals surface area contributed by atoms with Gasteiger partial charge in [-0.15, -0.1) is 10.2 Å². The van der Waals surface area contributed by atoms with E-state index in [0.717, 1.165) is 12.0 Å². The Bertz CT molecular complexity index is 577.